The van der Waals surface area contributed by atoms with Gasteiger partial charge in [0.05, 0.1) is 6.61 Å². The molecule has 0 aromatic rings. The number of carboxylic acids is 1. The Morgan fingerprint density at radius 2 is 0.647 bits per heavy atom. The second kappa shape index (κ2) is 44.8. The topological polar surface area (TPSA) is 63.6 Å². The van der Waals surface area contributed by atoms with Crippen molar-refractivity contribution in [1.29, 1.82) is 0 Å². The van der Waals surface area contributed by atoms with Crippen molar-refractivity contribution in [2.24, 2.45) is 0 Å². The zero-order valence-electron chi connectivity index (χ0n) is 34.5. The van der Waals surface area contributed by atoms with E-state index in [1.54, 1.807) is 0 Å². The quantitative estimate of drug-likeness (QED) is 0.0387. The van der Waals surface area contributed by atoms with Crippen LogP contribution >= 0.6 is 0 Å². The Labute approximate surface area is 319 Å². The highest BCUT2D eigenvalue weighted by atomic mass is 16.5. The van der Waals surface area contributed by atoms with Crippen LogP contribution in [0.5, 0.6) is 0 Å². The summed E-state index contributed by atoms with van der Waals surface area (Å²) < 4.78 is 5.47. The Kier molecular flexibility index (Phi) is 43.7. The average molecular weight is 719 g/mol. The van der Waals surface area contributed by atoms with Gasteiger partial charge in [-0.1, -0.05) is 225 Å². The van der Waals surface area contributed by atoms with E-state index in [1.165, 1.54) is 225 Å². The number of rotatable bonds is 44. The highest BCUT2D eigenvalue weighted by Crippen LogP contribution is 2.16. The Hall–Kier alpha value is -1.32. The molecule has 0 radical (unpaired) electrons. The predicted molar refractivity (Wildman–Crippen MR) is 223 cm³/mol. The molecule has 0 saturated heterocycles. The van der Waals surface area contributed by atoms with Crippen LogP contribution in [0.3, 0.4) is 0 Å². The maximum Gasteiger partial charge on any atom is 0.305 e. The monoisotopic (exact) mass is 719 g/mol. The van der Waals surface area contributed by atoms with Crippen LogP contribution in [-0.4, -0.2) is 23.7 Å². The number of unbranched alkanes of at least 4 members (excludes halogenated alkanes) is 36. The van der Waals surface area contributed by atoms with Gasteiger partial charge < -0.3 is 9.84 Å². The lowest BCUT2D eigenvalue weighted by Gasteiger charge is -2.06. The van der Waals surface area contributed by atoms with Gasteiger partial charge in [-0.2, -0.15) is 0 Å². The van der Waals surface area contributed by atoms with Crippen LogP contribution in [-0.2, 0) is 14.3 Å². The Balaban J connectivity index is 3.17. The van der Waals surface area contributed by atoms with Crippen molar-refractivity contribution in [3.8, 4) is 0 Å². The summed E-state index contributed by atoms with van der Waals surface area (Å²) in [4.78, 5) is 22.5. The molecule has 4 heteroatoms. The van der Waals surface area contributed by atoms with E-state index in [1.807, 2.05) is 0 Å². The van der Waals surface area contributed by atoms with Gasteiger partial charge in [-0.25, -0.2) is 0 Å². The van der Waals surface area contributed by atoms with E-state index in [4.69, 9.17) is 9.84 Å². The van der Waals surface area contributed by atoms with Crippen molar-refractivity contribution >= 4 is 11.9 Å². The smallest absolute Gasteiger partial charge is 0.305 e. The molecule has 0 aliphatic carbocycles. The summed E-state index contributed by atoms with van der Waals surface area (Å²) in [6.07, 6.45) is 56.9. The van der Waals surface area contributed by atoms with E-state index in [0.29, 0.717) is 19.4 Å². The molecule has 51 heavy (non-hydrogen) atoms. The molecule has 0 unspecified atom stereocenters. The van der Waals surface area contributed by atoms with Gasteiger partial charge in [-0.05, 0) is 44.9 Å². The molecule has 0 rings (SSSR count). The van der Waals surface area contributed by atoms with Crippen LogP contribution < -0.4 is 0 Å². The fraction of sp³-hybridized carbons (Fsp3) is 0.915. The van der Waals surface area contributed by atoms with Gasteiger partial charge in [-0.3, -0.25) is 9.59 Å². The average Bonchev–Trinajstić information content (AvgIpc) is 3.12. The van der Waals surface area contributed by atoms with Crippen molar-refractivity contribution < 1.29 is 19.4 Å². The van der Waals surface area contributed by atoms with Gasteiger partial charge in [-0.15, -0.1) is 0 Å². The molecule has 0 aromatic heterocycles. The maximum absolute atomic E-state index is 12.0. The Morgan fingerprint density at radius 1 is 0.373 bits per heavy atom. The lowest BCUT2D eigenvalue weighted by atomic mass is 10.0. The van der Waals surface area contributed by atoms with E-state index in [9.17, 15) is 9.59 Å². The number of carbonyl (C=O) groups is 2. The van der Waals surface area contributed by atoms with Gasteiger partial charge in [0, 0.05) is 12.8 Å². The van der Waals surface area contributed by atoms with Crippen LogP contribution in [0.1, 0.15) is 270 Å². The fourth-order valence-electron chi connectivity index (χ4n) is 7.22. The normalized spacial score (nSPS) is 11.5. The van der Waals surface area contributed by atoms with Gasteiger partial charge in [0.25, 0.3) is 0 Å². The first-order valence-electron chi connectivity index (χ1n) is 23.2. The number of hydrogen-bond acceptors (Lipinski definition) is 3. The minimum Gasteiger partial charge on any atom is -0.481 e. The Bertz CT molecular complexity index is 717. The van der Waals surface area contributed by atoms with E-state index in [0.717, 1.165) is 25.7 Å². The number of allylic oxidation sites excluding steroid dienone is 2. The molecular weight excluding hydrogens is 629 g/mol. The molecule has 0 aliphatic rings. The lowest BCUT2D eigenvalue weighted by molar-refractivity contribution is -0.144. The van der Waals surface area contributed by atoms with Crippen molar-refractivity contribution in [2.45, 2.75) is 270 Å². The molecule has 4 nitrogen and oxygen atoms in total. The fourth-order valence-corrected chi connectivity index (χ4v) is 7.22. The van der Waals surface area contributed by atoms with Crippen molar-refractivity contribution in [1.82, 2.24) is 0 Å². The molecule has 1 N–H and O–H groups in total. The van der Waals surface area contributed by atoms with E-state index in [2.05, 4.69) is 19.1 Å². The van der Waals surface area contributed by atoms with Gasteiger partial charge in [0.15, 0.2) is 0 Å². The largest absolute Gasteiger partial charge is 0.481 e. The number of ether oxygens (including phenoxy) is 1. The van der Waals surface area contributed by atoms with Gasteiger partial charge in [0.1, 0.15) is 0 Å². The summed E-state index contributed by atoms with van der Waals surface area (Å²) in [5.74, 6) is -0.643. The molecule has 0 saturated carbocycles. The molecule has 0 spiro atoms. The highest BCUT2D eigenvalue weighted by molar-refractivity contribution is 5.69. The number of carbonyl (C=O) groups excluding carboxylic acids is 1. The number of carboxylic acid groups (broad SMARTS) is 1. The van der Waals surface area contributed by atoms with Crippen LogP contribution in [0, 0.1) is 0 Å². The highest BCUT2D eigenvalue weighted by Gasteiger charge is 2.03. The summed E-state index contributed by atoms with van der Waals surface area (Å²) in [5.41, 5.74) is 0. The second-order valence-corrected chi connectivity index (χ2v) is 15.9. The number of esters is 1. The van der Waals surface area contributed by atoms with Crippen LogP contribution in [0.25, 0.3) is 0 Å². The third-order valence-corrected chi connectivity index (χ3v) is 10.7. The molecule has 0 heterocycles. The van der Waals surface area contributed by atoms with Gasteiger partial charge in [0.2, 0.25) is 0 Å². The molecule has 302 valence electrons. The van der Waals surface area contributed by atoms with Gasteiger partial charge >= 0.3 is 11.9 Å². The minimum absolute atomic E-state index is 0.0154. The molecule has 0 aromatic carbocycles. The molecule has 0 fully saturated rings. The molecule has 0 amide bonds. The zero-order valence-corrected chi connectivity index (χ0v) is 34.5. The minimum atomic E-state index is -0.658. The van der Waals surface area contributed by atoms with Crippen molar-refractivity contribution in [3.63, 3.8) is 0 Å². The maximum atomic E-state index is 12.0. The summed E-state index contributed by atoms with van der Waals surface area (Å²) in [7, 11) is 0. The summed E-state index contributed by atoms with van der Waals surface area (Å²) >= 11 is 0. The second-order valence-electron chi connectivity index (χ2n) is 15.9. The molecule has 0 bridgehead atoms. The first-order chi connectivity index (χ1) is 25.2. The van der Waals surface area contributed by atoms with Crippen molar-refractivity contribution in [3.05, 3.63) is 12.2 Å². The first kappa shape index (κ1) is 49.7. The summed E-state index contributed by atoms with van der Waals surface area (Å²) in [6.45, 7) is 2.90. The standard InChI is InChI=1S/C47H90O4/c1-2-3-4-5-6-7-8-9-10-11-12-13-17-20-23-26-29-32-35-38-41-44-47(50)51-45-42-39-36-33-30-27-24-21-18-15-14-16-19-22-25-28-31-34-37-40-43-46(48)49/h9-10H,2-8,11-45H2,1H3,(H,48,49). The third kappa shape index (κ3) is 46.7. The van der Waals surface area contributed by atoms with E-state index in [-0.39, 0.29) is 5.97 Å². The third-order valence-electron chi connectivity index (χ3n) is 10.7. The van der Waals surface area contributed by atoms with E-state index >= 15 is 0 Å². The summed E-state index contributed by atoms with van der Waals surface area (Å²) in [6, 6.07) is 0. The first-order valence-corrected chi connectivity index (χ1v) is 23.2. The molecular formula is C47H90O4. The van der Waals surface area contributed by atoms with Crippen molar-refractivity contribution in [2.75, 3.05) is 6.61 Å². The number of hydrogen-bond donors (Lipinski definition) is 1. The van der Waals surface area contributed by atoms with Crippen LogP contribution in [0.15, 0.2) is 12.2 Å². The lowest BCUT2D eigenvalue weighted by Crippen LogP contribution is -2.05. The zero-order chi connectivity index (χ0) is 37.0. The summed E-state index contributed by atoms with van der Waals surface area (Å²) in [5, 5.41) is 8.65. The molecule has 0 atom stereocenters. The van der Waals surface area contributed by atoms with Crippen LogP contribution in [0.4, 0.5) is 0 Å². The number of aliphatic carboxylic acids is 1. The SMILES string of the molecule is CCCCCCCCC=CCCCCCCCCCCCCCC(=O)OCCCCCCCCCCCCCCCCCCCCCCC(=O)O. The van der Waals surface area contributed by atoms with Crippen LogP contribution in [0.2, 0.25) is 0 Å². The predicted octanol–water partition coefficient (Wildman–Crippen LogP) is 16.2. The Morgan fingerprint density at radius 3 is 0.980 bits per heavy atom. The van der Waals surface area contributed by atoms with E-state index < -0.39 is 5.97 Å². The molecule has 0 aliphatic heterocycles.